The largest absolute Gasteiger partial charge is 0.492 e. The van der Waals surface area contributed by atoms with Gasteiger partial charge >= 0.3 is 0 Å². The summed E-state index contributed by atoms with van der Waals surface area (Å²) < 4.78 is 5.71. The number of piperazine rings is 1. The summed E-state index contributed by atoms with van der Waals surface area (Å²) in [5.74, 6) is 1.06. The molecule has 2 aromatic rings. The van der Waals surface area contributed by atoms with Crippen molar-refractivity contribution in [1.82, 2.24) is 9.88 Å². The van der Waals surface area contributed by atoms with Gasteiger partial charge in [0.05, 0.1) is 12.3 Å². The van der Waals surface area contributed by atoms with Crippen molar-refractivity contribution < 1.29 is 9.53 Å². The van der Waals surface area contributed by atoms with Crippen molar-refractivity contribution in [1.29, 1.82) is 0 Å². The minimum absolute atomic E-state index is 0.122. The maximum atomic E-state index is 12.5. The van der Waals surface area contributed by atoms with Gasteiger partial charge in [0.25, 0.3) is 0 Å². The minimum atomic E-state index is -0.122. The number of nitrogens with zero attached hydrogens (tertiary/aromatic N) is 2. The van der Waals surface area contributed by atoms with Gasteiger partial charge in [-0.2, -0.15) is 0 Å². The number of anilines is 1. The third-order valence-electron chi connectivity index (χ3n) is 4.61. The molecule has 2 heterocycles. The number of aromatic amines is 1. The van der Waals surface area contributed by atoms with Crippen molar-refractivity contribution >= 4 is 11.6 Å². The number of rotatable bonds is 6. The van der Waals surface area contributed by atoms with Crippen LogP contribution in [0.5, 0.6) is 5.75 Å². The second kappa shape index (κ2) is 8.56. The zero-order valence-electron chi connectivity index (χ0n) is 15.1. The van der Waals surface area contributed by atoms with Crippen LogP contribution in [0.1, 0.15) is 18.9 Å². The quantitative estimate of drug-likeness (QED) is 0.861. The molecule has 1 aromatic heterocycles. The molecule has 1 amide bonds. The monoisotopic (exact) mass is 355 g/mol. The number of hydrogen-bond donors (Lipinski definition) is 1. The number of carbonyl (C=O) groups is 1. The zero-order valence-corrected chi connectivity index (χ0v) is 15.1. The number of aryl methyl sites for hydroxylation is 1. The molecule has 0 radical (unpaired) electrons. The van der Waals surface area contributed by atoms with Crippen LogP contribution in [0.4, 0.5) is 5.69 Å². The Morgan fingerprint density at radius 1 is 1.12 bits per heavy atom. The molecule has 0 spiro atoms. The molecule has 138 valence electrons. The van der Waals surface area contributed by atoms with E-state index in [4.69, 9.17) is 4.74 Å². The first-order chi connectivity index (χ1) is 12.7. The lowest BCUT2D eigenvalue weighted by molar-refractivity contribution is -0.131. The summed E-state index contributed by atoms with van der Waals surface area (Å²) in [7, 11) is 0. The maximum absolute atomic E-state index is 12.5. The fraction of sp³-hybridized carbons (Fsp3) is 0.400. The molecule has 1 N–H and O–H groups in total. The molecule has 1 aliphatic rings. The molecule has 0 unspecified atom stereocenters. The van der Waals surface area contributed by atoms with Crippen molar-refractivity contribution in [2.45, 2.75) is 19.8 Å². The number of aromatic nitrogens is 1. The van der Waals surface area contributed by atoms with E-state index < -0.39 is 0 Å². The molecule has 26 heavy (non-hydrogen) atoms. The van der Waals surface area contributed by atoms with Crippen LogP contribution in [0.2, 0.25) is 0 Å². The van der Waals surface area contributed by atoms with Crippen LogP contribution < -0.4 is 15.2 Å². The summed E-state index contributed by atoms with van der Waals surface area (Å²) >= 11 is 0. The number of hydrogen-bond acceptors (Lipinski definition) is 4. The summed E-state index contributed by atoms with van der Waals surface area (Å²) in [6.07, 6.45) is 2.78. The van der Waals surface area contributed by atoms with Crippen LogP contribution >= 0.6 is 0 Å². The van der Waals surface area contributed by atoms with Gasteiger partial charge in [0.15, 0.2) is 0 Å². The lowest BCUT2D eigenvalue weighted by Gasteiger charge is -2.36. The van der Waals surface area contributed by atoms with Crippen LogP contribution in [-0.2, 0) is 11.2 Å². The van der Waals surface area contributed by atoms with Crippen LogP contribution in [0.15, 0.2) is 47.4 Å². The van der Waals surface area contributed by atoms with Crippen molar-refractivity contribution in [3.8, 4) is 5.75 Å². The smallest absolute Gasteiger partial charge is 0.247 e. The highest BCUT2D eigenvalue weighted by atomic mass is 16.5. The SMILES string of the molecule is CCOc1ccccc1N1CCN(C(=O)CCc2ccc(=O)[nH]c2)CC1. The molecule has 1 aromatic carbocycles. The van der Waals surface area contributed by atoms with E-state index in [-0.39, 0.29) is 11.5 Å². The third-order valence-corrected chi connectivity index (χ3v) is 4.61. The molecule has 0 bridgehead atoms. The molecule has 6 heteroatoms. The first-order valence-corrected chi connectivity index (χ1v) is 9.09. The molecule has 1 fully saturated rings. The standard InChI is InChI=1S/C20H25N3O3/c1-2-26-18-6-4-3-5-17(18)22-11-13-23(14-12-22)20(25)10-8-16-7-9-19(24)21-15-16/h3-7,9,15H,2,8,10-14H2,1H3,(H,21,24). The van der Waals surface area contributed by atoms with E-state index >= 15 is 0 Å². The van der Waals surface area contributed by atoms with E-state index in [0.717, 1.165) is 30.1 Å². The molecular weight excluding hydrogens is 330 g/mol. The fourth-order valence-electron chi connectivity index (χ4n) is 3.20. The number of H-pyrrole nitrogens is 1. The van der Waals surface area contributed by atoms with E-state index in [1.165, 1.54) is 6.07 Å². The number of nitrogens with one attached hydrogen (secondary N) is 1. The van der Waals surface area contributed by atoms with E-state index in [1.54, 1.807) is 12.3 Å². The molecular formula is C20H25N3O3. The lowest BCUT2D eigenvalue weighted by Crippen LogP contribution is -2.49. The Morgan fingerprint density at radius 2 is 1.88 bits per heavy atom. The van der Waals surface area contributed by atoms with Gasteiger partial charge in [-0.3, -0.25) is 9.59 Å². The predicted molar refractivity (Wildman–Crippen MR) is 102 cm³/mol. The first-order valence-electron chi connectivity index (χ1n) is 9.09. The van der Waals surface area contributed by atoms with E-state index in [2.05, 4.69) is 16.0 Å². The number of ether oxygens (including phenoxy) is 1. The first kappa shape index (κ1) is 18.0. The van der Waals surface area contributed by atoms with E-state index in [9.17, 15) is 9.59 Å². The highest BCUT2D eigenvalue weighted by Gasteiger charge is 2.22. The molecule has 0 atom stereocenters. The minimum Gasteiger partial charge on any atom is -0.492 e. The summed E-state index contributed by atoms with van der Waals surface area (Å²) in [5.41, 5.74) is 1.94. The molecule has 1 saturated heterocycles. The van der Waals surface area contributed by atoms with Gasteiger partial charge in [0.2, 0.25) is 11.5 Å². The summed E-state index contributed by atoms with van der Waals surface area (Å²) in [6, 6.07) is 11.3. The van der Waals surface area contributed by atoms with Crippen LogP contribution in [0, 0.1) is 0 Å². The fourth-order valence-corrected chi connectivity index (χ4v) is 3.20. The highest BCUT2D eigenvalue weighted by molar-refractivity contribution is 5.77. The van der Waals surface area contributed by atoms with Gasteiger partial charge in [-0.25, -0.2) is 0 Å². The predicted octanol–water partition coefficient (Wildman–Crippen LogP) is 2.05. The van der Waals surface area contributed by atoms with E-state index in [0.29, 0.717) is 32.5 Å². The second-order valence-corrected chi connectivity index (χ2v) is 6.33. The van der Waals surface area contributed by atoms with Gasteiger partial charge in [-0.05, 0) is 31.0 Å². The lowest BCUT2D eigenvalue weighted by atomic mass is 10.1. The van der Waals surface area contributed by atoms with Crippen molar-refractivity contribution in [3.63, 3.8) is 0 Å². The average molecular weight is 355 g/mol. The Labute approximate surface area is 153 Å². The number of carbonyl (C=O) groups excluding carboxylic acids is 1. The van der Waals surface area contributed by atoms with Crippen molar-refractivity contribution in [2.24, 2.45) is 0 Å². The maximum Gasteiger partial charge on any atom is 0.247 e. The second-order valence-electron chi connectivity index (χ2n) is 6.33. The highest BCUT2D eigenvalue weighted by Crippen LogP contribution is 2.28. The number of para-hydroxylation sites is 2. The molecule has 3 rings (SSSR count). The van der Waals surface area contributed by atoms with Gasteiger partial charge < -0.3 is 19.5 Å². The molecule has 0 saturated carbocycles. The Bertz CT molecular complexity index is 774. The summed E-state index contributed by atoms with van der Waals surface area (Å²) in [5, 5.41) is 0. The molecule has 0 aliphatic carbocycles. The third kappa shape index (κ3) is 4.45. The van der Waals surface area contributed by atoms with Crippen molar-refractivity contribution in [3.05, 3.63) is 58.5 Å². The number of benzene rings is 1. The number of pyridine rings is 1. The van der Waals surface area contributed by atoms with Crippen LogP contribution in [0.25, 0.3) is 0 Å². The van der Waals surface area contributed by atoms with Gasteiger partial charge in [0.1, 0.15) is 5.75 Å². The zero-order chi connectivity index (χ0) is 18.4. The summed E-state index contributed by atoms with van der Waals surface area (Å²) in [6.45, 7) is 5.65. The summed E-state index contributed by atoms with van der Waals surface area (Å²) in [4.78, 5) is 30.4. The molecule has 1 aliphatic heterocycles. The van der Waals surface area contributed by atoms with Crippen LogP contribution in [-0.4, -0.2) is 48.6 Å². The Morgan fingerprint density at radius 3 is 2.58 bits per heavy atom. The number of amides is 1. The Balaban J connectivity index is 1.52. The molecule has 6 nitrogen and oxygen atoms in total. The van der Waals surface area contributed by atoms with Gasteiger partial charge in [-0.15, -0.1) is 0 Å². The average Bonchev–Trinajstić information content (AvgIpc) is 2.68. The Hall–Kier alpha value is -2.76. The van der Waals surface area contributed by atoms with Crippen LogP contribution in [0.3, 0.4) is 0 Å². The van der Waals surface area contributed by atoms with Gasteiger partial charge in [0, 0.05) is 44.9 Å². The topological polar surface area (TPSA) is 65.6 Å². The van der Waals surface area contributed by atoms with Crippen molar-refractivity contribution in [2.75, 3.05) is 37.7 Å². The van der Waals surface area contributed by atoms with Gasteiger partial charge in [-0.1, -0.05) is 18.2 Å². The van der Waals surface area contributed by atoms with E-state index in [1.807, 2.05) is 30.0 Å². The normalized spacial score (nSPS) is 14.3. The Kier molecular flexibility index (Phi) is 5.94.